The van der Waals surface area contributed by atoms with E-state index in [2.05, 4.69) is 20.4 Å². The molecule has 1 aliphatic carbocycles. The predicted octanol–water partition coefficient (Wildman–Crippen LogP) is 4.35. The van der Waals surface area contributed by atoms with Crippen molar-refractivity contribution in [3.05, 3.63) is 60.4 Å². The normalized spacial score (nSPS) is 13.6. The molecule has 8 nitrogen and oxygen atoms in total. The van der Waals surface area contributed by atoms with Crippen molar-refractivity contribution in [2.75, 3.05) is 18.9 Å². The topological polar surface area (TPSA) is 107 Å². The predicted molar refractivity (Wildman–Crippen MR) is 127 cm³/mol. The van der Waals surface area contributed by atoms with E-state index in [0.29, 0.717) is 42.4 Å². The second-order valence-electron chi connectivity index (χ2n) is 8.58. The van der Waals surface area contributed by atoms with E-state index in [1.165, 1.54) is 16.9 Å². The number of nitrogens with zero attached hydrogens (tertiary/aromatic N) is 4. The van der Waals surface area contributed by atoms with E-state index in [9.17, 15) is 18.0 Å². The summed E-state index contributed by atoms with van der Waals surface area (Å²) in [5.74, 6) is 0.423. The molecule has 0 radical (unpaired) electrons. The third kappa shape index (κ3) is 5.09. The summed E-state index contributed by atoms with van der Waals surface area (Å²) in [6, 6.07) is 11.8. The van der Waals surface area contributed by atoms with Gasteiger partial charge in [0, 0.05) is 29.8 Å². The number of rotatable bonds is 8. The molecule has 36 heavy (non-hydrogen) atoms. The molecule has 0 aliphatic heterocycles. The first-order chi connectivity index (χ1) is 17.3. The minimum atomic E-state index is -4.62. The number of alkyl halides is 3. The molecule has 0 bridgehead atoms. The molecule has 0 unspecified atom stereocenters. The lowest BCUT2D eigenvalue weighted by molar-refractivity contribution is -0.137. The molecule has 1 fully saturated rings. The zero-order chi connectivity index (χ0) is 25.3. The molecule has 186 valence electrons. The van der Waals surface area contributed by atoms with Crippen LogP contribution < -0.4 is 15.8 Å². The number of hydrogen-bond acceptors (Lipinski definition) is 6. The number of amides is 1. The van der Waals surface area contributed by atoms with E-state index in [-0.39, 0.29) is 17.4 Å². The number of ether oxygens (including phenoxy) is 1. The van der Waals surface area contributed by atoms with E-state index in [1.807, 2.05) is 24.3 Å². The average molecular weight is 496 g/mol. The van der Waals surface area contributed by atoms with E-state index < -0.39 is 17.6 Å². The molecule has 1 aromatic carbocycles. The lowest BCUT2D eigenvalue weighted by Gasteiger charge is -2.11. The molecule has 0 atom stereocenters. The highest BCUT2D eigenvalue weighted by Gasteiger charge is 2.34. The number of benzene rings is 1. The first kappa shape index (κ1) is 23.6. The molecule has 3 aromatic heterocycles. The summed E-state index contributed by atoms with van der Waals surface area (Å²) in [7, 11) is 0. The van der Waals surface area contributed by atoms with Crippen LogP contribution in [0, 0.1) is 5.92 Å². The number of carbonyl (C=O) groups is 1. The maximum Gasteiger partial charge on any atom is 0.419 e. The molecule has 11 heteroatoms. The van der Waals surface area contributed by atoms with Crippen molar-refractivity contribution in [1.82, 2.24) is 24.9 Å². The third-order valence-corrected chi connectivity index (χ3v) is 5.87. The van der Waals surface area contributed by atoms with Crippen LogP contribution in [-0.4, -0.2) is 38.6 Å². The van der Waals surface area contributed by atoms with Crippen LogP contribution in [0.15, 0.2) is 54.9 Å². The fourth-order valence-corrected chi connectivity index (χ4v) is 3.75. The smallest absolute Gasteiger partial charge is 0.419 e. The van der Waals surface area contributed by atoms with Crippen LogP contribution in [-0.2, 0) is 11.0 Å². The van der Waals surface area contributed by atoms with E-state index >= 15 is 0 Å². The number of aromatic nitrogens is 4. The Bertz CT molecular complexity index is 1400. The van der Waals surface area contributed by atoms with Crippen molar-refractivity contribution in [3.8, 4) is 28.3 Å². The number of fused-ring (bicyclic) bond motifs is 1. The molecule has 1 amide bonds. The van der Waals surface area contributed by atoms with Crippen LogP contribution in [0.2, 0.25) is 0 Å². The van der Waals surface area contributed by atoms with E-state index in [4.69, 9.17) is 10.5 Å². The van der Waals surface area contributed by atoms with Crippen LogP contribution in [0.3, 0.4) is 0 Å². The maximum absolute atomic E-state index is 13.3. The molecule has 0 spiro atoms. The van der Waals surface area contributed by atoms with Crippen LogP contribution >= 0.6 is 0 Å². The van der Waals surface area contributed by atoms with Crippen molar-refractivity contribution in [1.29, 1.82) is 0 Å². The Morgan fingerprint density at radius 2 is 1.86 bits per heavy atom. The summed E-state index contributed by atoms with van der Waals surface area (Å²) in [6.45, 7) is 1.06. The molecule has 4 aromatic rings. The van der Waals surface area contributed by atoms with Crippen molar-refractivity contribution < 1.29 is 22.7 Å². The summed E-state index contributed by atoms with van der Waals surface area (Å²) in [4.78, 5) is 19.6. The van der Waals surface area contributed by atoms with Gasteiger partial charge in [0.2, 0.25) is 5.91 Å². The molecule has 3 N–H and O–H groups in total. The highest BCUT2D eigenvalue weighted by molar-refractivity contribution is 5.80. The van der Waals surface area contributed by atoms with E-state index in [1.54, 1.807) is 12.1 Å². The van der Waals surface area contributed by atoms with Gasteiger partial charge in [0.1, 0.15) is 11.6 Å². The highest BCUT2D eigenvalue weighted by Crippen LogP contribution is 2.35. The standard InChI is InChI=1S/C25H23F3N6O2/c26-25(27,28)19-12-17(13-32-23(19)29)21-14-31-22-9-8-20(33-34(21)22)15-4-6-18(7-5-15)36-11-1-10-30-24(35)16-2-3-16/h4-9,12-14,16H,1-3,10-11H2,(H2,29,32)(H,30,35). The van der Waals surface area contributed by atoms with Crippen LogP contribution in [0.1, 0.15) is 24.8 Å². The van der Waals surface area contributed by atoms with Gasteiger partial charge in [-0.1, -0.05) is 0 Å². The van der Waals surface area contributed by atoms with Gasteiger partial charge in [-0.3, -0.25) is 4.79 Å². The zero-order valence-corrected chi connectivity index (χ0v) is 19.1. The Balaban J connectivity index is 1.29. The second kappa shape index (κ2) is 9.48. The van der Waals surface area contributed by atoms with E-state index in [0.717, 1.165) is 24.5 Å². The summed E-state index contributed by atoms with van der Waals surface area (Å²) in [5, 5.41) is 7.48. The summed E-state index contributed by atoms with van der Waals surface area (Å²) >= 11 is 0. The van der Waals surface area contributed by atoms with Crippen LogP contribution in [0.4, 0.5) is 19.0 Å². The monoisotopic (exact) mass is 496 g/mol. The average Bonchev–Trinajstić information content (AvgIpc) is 3.63. The lowest BCUT2D eigenvalue weighted by Crippen LogP contribution is -2.26. The molecule has 3 heterocycles. The molecule has 1 saturated carbocycles. The number of anilines is 1. The number of carbonyl (C=O) groups excluding carboxylic acids is 1. The quantitative estimate of drug-likeness (QED) is 0.351. The number of halogens is 3. The summed E-state index contributed by atoms with van der Waals surface area (Å²) in [6.07, 6.45) is 0.764. The van der Waals surface area contributed by atoms with Crippen molar-refractivity contribution >= 4 is 17.4 Å². The largest absolute Gasteiger partial charge is 0.494 e. The fraction of sp³-hybridized carbons (Fsp3) is 0.280. The van der Waals surface area contributed by atoms with Gasteiger partial charge in [-0.2, -0.15) is 18.3 Å². The molecule has 0 saturated heterocycles. The van der Waals surface area contributed by atoms with Crippen LogP contribution in [0.25, 0.3) is 28.2 Å². The number of pyridine rings is 1. The van der Waals surface area contributed by atoms with Crippen molar-refractivity contribution in [2.45, 2.75) is 25.4 Å². The van der Waals surface area contributed by atoms with Gasteiger partial charge < -0.3 is 15.8 Å². The van der Waals surface area contributed by atoms with Crippen molar-refractivity contribution in [2.24, 2.45) is 5.92 Å². The van der Waals surface area contributed by atoms with Gasteiger partial charge in [0.15, 0.2) is 5.65 Å². The van der Waals surface area contributed by atoms with Crippen molar-refractivity contribution in [3.63, 3.8) is 0 Å². The zero-order valence-electron chi connectivity index (χ0n) is 19.1. The first-order valence-electron chi connectivity index (χ1n) is 11.5. The maximum atomic E-state index is 13.3. The highest BCUT2D eigenvalue weighted by atomic mass is 19.4. The molecule has 1 aliphatic rings. The van der Waals surface area contributed by atoms with Gasteiger partial charge in [0.05, 0.1) is 29.8 Å². The van der Waals surface area contributed by atoms with Gasteiger partial charge >= 0.3 is 6.18 Å². The Morgan fingerprint density at radius 3 is 2.58 bits per heavy atom. The summed E-state index contributed by atoms with van der Waals surface area (Å²) < 4.78 is 47.1. The lowest BCUT2D eigenvalue weighted by atomic mass is 10.1. The number of imidazole rings is 1. The molecular weight excluding hydrogens is 473 g/mol. The Labute approximate surface area is 204 Å². The minimum Gasteiger partial charge on any atom is -0.494 e. The number of nitrogens with two attached hydrogens (primary N) is 1. The van der Waals surface area contributed by atoms with Gasteiger partial charge in [0.25, 0.3) is 0 Å². The Kier molecular flexibility index (Phi) is 6.21. The fourth-order valence-electron chi connectivity index (χ4n) is 3.75. The second-order valence-corrected chi connectivity index (χ2v) is 8.58. The third-order valence-electron chi connectivity index (χ3n) is 5.87. The van der Waals surface area contributed by atoms with Gasteiger partial charge in [-0.15, -0.1) is 0 Å². The molecule has 5 rings (SSSR count). The molecular formula is C25H23F3N6O2. The SMILES string of the molecule is Nc1ncc(-c2cnc3ccc(-c4ccc(OCCCNC(=O)C5CC5)cc4)nn23)cc1C(F)(F)F. The number of nitrogen functional groups attached to an aromatic ring is 1. The van der Waals surface area contributed by atoms with Gasteiger partial charge in [-0.25, -0.2) is 14.5 Å². The Hall–Kier alpha value is -4.15. The minimum absolute atomic E-state index is 0.123. The number of hydrogen-bond donors (Lipinski definition) is 2. The number of nitrogens with one attached hydrogen (secondary N) is 1. The summed E-state index contributed by atoms with van der Waals surface area (Å²) in [5.41, 5.74) is 6.86. The first-order valence-corrected chi connectivity index (χ1v) is 11.5. The van der Waals surface area contributed by atoms with Gasteiger partial charge in [-0.05, 0) is 61.7 Å². The van der Waals surface area contributed by atoms with Crippen LogP contribution in [0.5, 0.6) is 5.75 Å². The Morgan fingerprint density at radius 1 is 1.08 bits per heavy atom.